The van der Waals surface area contributed by atoms with Crippen LogP contribution < -0.4 is 17.0 Å². The third-order valence-electron chi connectivity index (χ3n) is 0.922. The zero-order valence-electron chi connectivity index (χ0n) is 5.78. The molecule has 4 heteroatoms. The van der Waals surface area contributed by atoms with Crippen LogP contribution in [-0.2, 0) is 0 Å². The van der Waals surface area contributed by atoms with Crippen LogP contribution in [0.25, 0.3) is 0 Å². The standard InChI is InChI=1S/C7H5ClF.BrH.Mg/c1-5-2-6(8)4-7(9)3-5;;/h2-4H,1H2;1H;/q-1;;+2/p-1. The van der Waals surface area contributed by atoms with Crippen molar-refractivity contribution < 1.29 is 21.4 Å². The van der Waals surface area contributed by atoms with Crippen molar-refractivity contribution in [2.45, 2.75) is 0 Å². The maximum Gasteiger partial charge on any atom is 2.00 e. The number of rotatable bonds is 0. The predicted molar refractivity (Wildman–Crippen MR) is 41.6 cm³/mol. The molecule has 11 heavy (non-hydrogen) atoms. The Balaban J connectivity index is 0. The van der Waals surface area contributed by atoms with Gasteiger partial charge in [-0.25, -0.2) is 4.39 Å². The molecule has 0 atom stereocenters. The van der Waals surface area contributed by atoms with Crippen molar-refractivity contribution in [2.24, 2.45) is 0 Å². The van der Waals surface area contributed by atoms with Gasteiger partial charge in [-0.05, 0) is 11.1 Å². The van der Waals surface area contributed by atoms with Gasteiger partial charge in [0.25, 0.3) is 0 Å². The van der Waals surface area contributed by atoms with Crippen molar-refractivity contribution in [3.05, 3.63) is 41.5 Å². The molecule has 1 aromatic carbocycles. The molecule has 0 amide bonds. The minimum atomic E-state index is -0.340. The van der Waals surface area contributed by atoms with Crippen molar-refractivity contribution in [1.29, 1.82) is 0 Å². The van der Waals surface area contributed by atoms with E-state index in [1.165, 1.54) is 12.1 Å². The van der Waals surface area contributed by atoms with Gasteiger partial charge in [-0.3, -0.25) is 0 Å². The Morgan fingerprint density at radius 1 is 1.27 bits per heavy atom. The van der Waals surface area contributed by atoms with E-state index in [-0.39, 0.29) is 45.9 Å². The Morgan fingerprint density at radius 3 is 2.18 bits per heavy atom. The van der Waals surface area contributed by atoms with E-state index < -0.39 is 0 Å². The molecule has 0 heterocycles. The normalized spacial score (nSPS) is 7.82. The zero-order valence-corrected chi connectivity index (χ0v) is 9.54. The number of hydrogen-bond donors (Lipinski definition) is 0. The summed E-state index contributed by atoms with van der Waals surface area (Å²) in [5.41, 5.74) is 0.597. The van der Waals surface area contributed by atoms with Gasteiger partial charge >= 0.3 is 23.1 Å². The van der Waals surface area contributed by atoms with Crippen LogP contribution in [0.15, 0.2) is 18.2 Å². The van der Waals surface area contributed by atoms with Gasteiger partial charge in [-0.15, -0.1) is 12.1 Å². The molecule has 56 valence electrons. The quantitative estimate of drug-likeness (QED) is 0.420. The molecule has 0 saturated heterocycles. The Kier molecular flexibility index (Phi) is 7.84. The van der Waals surface area contributed by atoms with Gasteiger partial charge in [-0.1, -0.05) is 11.6 Å². The molecule has 1 rings (SSSR count). The van der Waals surface area contributed by atoms with Gasteiger partial charge in [0.15, 0.2) is 0 Å². The molecular formula is C7H5BrClFMg. The molecule has 0 radical (unpaired) electrons. The molecule has 0 nitrogen and oxygen atoms in total. The molecule has 0 saturated carbocycles. The van der Waals surface area contributed by atoms with Gasteiger partial charge in [-0.2, -0.15) is 12.5 Å². The van der Waals surface area contributed by atoms with Crippen LogP contribution in [0, 0.1) is 12.7 Å². The van der Waals surface area contributed by atoms with Gasteiger partial charge in [0.1, 0.15) is 0 Å². The van der Waals surface area contributed by atoms with Crippen LogP contribution in [0.4, 0.5) is 4.39 Å². The van der Waals surface area contributed by atoms with Crippen LogP contribution in [-0.4, -0.2) is 23.1 Å². The minimum Gasteiger partial charge on any atom is -1.00 e. The number of benzene rings is 1. The molecule has 0 N–H and O–H groups in total. The number of halogens is 3. The van der Waals surface area contributed by atoms with E-state index in [1.807, 2.05) is 0 Å². The largest absolute Gasteiger partial charge is 2.00 e. The molecule has 0 aromatic heterocycles. The van der Waals surface area contributed by atoms with Gasteiger partial charge < -0.3 is 17.0 Å². The second-order valence-electron chi connectivity index (χ2n) is 1.78. The van der Waals surface area contributed by atoms with Gasteiger partial charge in [0, 0.05) is 0 Å². The van der Waals surface area contributed by atoms with Crippen molar-refractivity contribution in [3.8, 4) is 0 Å². The molecule has 0 aliphatic carbocycles. The summed E-state index contributed by atoms with van der Waals surface area (Å²) in [6.07, 6.45) is 0. The van der Waals surface area contributed by atoms with Crippen molar-refractivity contribution in [2.75, 3.05) is 0 Å². The zero-order chi connectivity index (χ0) is 6.85. The van der Waals surface area contributed by atoms with Crippen LogP contribution in [0.1, 0.15) is 5.56 Å². The van der Waals surface area contributed by atoms with Gasteiger partial charge in [0.05, 0.1) is 5.82 Å². The minimum absolute atomic E-state index is 0. The van der Waals surface area contributed by atoms with E-state index in [0.717, 1.165) is 0 Å². The average Bonchev–Trinajstić information content (AvgIpc) is 1.59. The van der Waals surface area contributed by atoms with Crippen LogP contribution in [0.2, 0.25) is 5.02 Å². The van der Waals surface area contributed by atoms with Gasteiger partial charge in [0.2, 0.25) is 0 Å². The Bertz CT molecular complexity index is 179. The third-order valence-corrected chi connectivity index (χ3v) is 1.14. The first kappa shape index (κ1) is 14.1. The molecular weight excluding hydrogens is 243 g/mol. The summed E-state index contributed by atoms with van der Waals surface area (Å²) in [6.45, 7) is 3.52. The monoisotopic (exact) mass is 246 g/mol. The molecule has 0 spiro atoms. The van der Waals surface area contributed by atoms with Crippen LogP contribution in [0.5, 0.6) is 0 Å². The molecule has 0 aliphatic heterocycles. The molecule has 0 bridgehead atoms. The van der Waals surface area contributed by atoms with Crippen molar-refractivity contribution in [1.82, 2.24) is 0 Å². The fourth-order valence-electron chi connectivity index (χ4n) is 0.611. The Morgan fingerprint density at radius 2 is 1.82 bits per heavy atom. The maximum atomic E-state index is 12.3. The molecule has 0 unspecified atom stereocenters. The average molecular weight is 248 g/mol. The Labute approximate surface area is 97.0 Å². The number of hydrogen-bond acceptors (Lipinski definition) is 0. The van der Waals surface area contributed by atoms with Crippen LogP contribution in [0.3, 0.4) is 0 Å². The van der Waals surface area contributed by atoms with E-state index in [2.05, 4.69) is 6.92 Å². The fourth-order valence-corrected chi connectivity index (χ4v) is 0.855. The second kappa shape index (κ2) is 6.11. The molecule has 0 fully saturated rings. The van der Waals surface area contributed by atoms with Crippen molar-refractivity contribution in [3.63, 3.8) is 0 Å². The smallest absolute Gasteiger partial charge is 1.00 e. The van der Waals surface area contributed by atoms with E-state index in [9.17, 15) is 4.39 Å². The maximum absolute atomic E-state index is 12.3. The predicted octanol–water partition coefficient (Wildman–Crippen LogP) is -0.716. The van der Waals surface area contributed by atoms with E-state index in [1.54, 1.807) is 6.07 Å². The topological polar surface area (TPSA) is 0 Å². The summed E-state index contributed by atoms with van der Waals surface area (Å²) < 4.78 is 12.3. The third kappa shape index (κ3) is 4.90. The molecule has 0 aliphatic rings. The molecule has 1 aromatic rings. The fraction of sp³-hybridized carbons (Fsp3) is 0. The Hall–Kier alpha value is 0.556. The summed E-state index contributed by atoms with van der Waals surface area (Å²) in [5.74, 6) is -0.340. The van der Waals surface area contributed by atoms with E-state index in [0.29, 0.717) is 10.6 Å². The first-order valence-electron chi connectivity index (χ1n) is 2.46. The summed E-state index contributed by atoms with van der Waals surface area (Å²) >= 11 is 5.47. The summed E-state index contributed by atoms with van der Waals surface area (Å²) in [5, 5.41) is 0.389. The SMILES string of the molecule is [Br-].[CH2-]c1cc(F)cc(Cl)c1.[Mg+2]. The van der Waals surface area contributed by atoms with E-state index in [4.69, 9.17) is 11.6 Å². The first-order chi connectivity index (χ1) is 4.18. The summed E-state index contributed by atoms with van der Waals surface area (Å²) in [6, 6.07) is 4.17. The summed E-state index contributed by atoms with van der Waals surface area (Å²) in [4.78, 5) is 0. The summed E-state index contributed by atoms with van der Waals surface area (Å²) in [7, 11) is 0. The first-order valence-corrected chi connectivity index (χ1v) is 2.84. The van der Waals surface area contributed by atoms with E-state index >= 15 is 0 Å². The van der Waals surface area contributed by atoms with Crippen LogP contribution >= 0.6 is 11.6 Å². The van der Waals surface area contributed by atoms with Crippen molar-refractivity contribution >= 4 is 34.7 Å². The second-order valence-corrected chi connectivity index (χ2v) is 2.21.